The van der Waals surface area contributed by atoms with Crippen molar-refractivity contribution >= 4 is 46.5 Å². The van der Waals surface area contributed by atoms with Gasteiger partial charge in [-0.2, -0.15) is 5.10 Å². The zero-order valence-corrected chi connectivity index (χ0v) is 16.8. The topological polar surface area (TPSA) is 85.2 Å². The SMILES string of the molecule is COc1cccc(-c2cnn3c2NC(=O)C3CC(=O)Nc2ccc(Cl)cc2Cl)c1. The van der Waals surface area contributed by atoms with E-state index < -0.39 is 6.04 Å². The Balaban J connectivity index is 1.54. The number of fused-ring (bicyclic) bond motifs is 1. The van der Waals surface area contributed by atoms with E-state index in [0.29, 0.717) is 27.3 Å². The Morgan fingerprint density at radius 3 is 2.86 bits per heavy atom. The van der Waals surface area contributed by atoms with Crippen molar-refractivity contribution in [1.29, 1.82) is 0 Å². The molecule has 2 heterocycles. The monoisotopic (exact) mass is 430 g/mol. The molecule has 0 saturated heterocycles. The summed E-state index contributed by atoms with van der Waals surface area (Å²) in [6, 6.07) is 11.5. The maximum Gasteiger partial charge on any atom is 0.251 e. The van der Waals surface area contributed by atoms with Crippen molar-refractivity contribution < 1.29 is 14.3 Å². The normalized spacial score (nSPS) is 15.0. The van der Waals surface area contributed by atoms with Gasteiger partial charge in [-0.3, -0.25) is 9.59 Å². The van der Waals surface area contributed by atoms with E-state index in [4.69, 9.17) is 27.9 Å². The minimum Gasteiger partial charge on any atom is -0.497 e. The first-order valence-corrected chi connectivity index (χ1v) is 9.49. The summed E-state index contributed by atoms with van der Waals surface area (Å²) in [7, 11) is 1.59. The molecule has 1 aliphatic rings. The van der Waals surface area contributed by atoms with Crippen molar-refractivity contribution in [1.82, 2.24) is 9.78 Å². The van der Waals surface area contributed by atoms with Crippen molar-refractivity contribution in [2.24, 2.45) is 0 Å². The first-order valence-electron chi connectivity index (χ1n) is 8.74. The molecule has 0 aliphatic carbocycles. The lowest BCUT2D eigenvalue weighted by molar-refractivity contribution is -0.123. The van der Waals surface area contributed by atoms with Gasteiger partial charge in [-0.05, 0) is 35.9 Å². The van der Waals surface area contributed by atoms with E-state index in [1.807, 2.05) is 24.3 Å². The van der Waals surface area contributed by atoms with E-state index in [-0.39, 0.29) is 18.2 Å². The van der Waals surface area contributed by atoms with E-state index in [2.05, 4.69) is 15.7 Å². The van der Waals surface area contributed by atoms with Gasteiger partial charge in [0.15, 0.2) is 0 Å². The predicted molar refractivity (Wildman–Crippen MR) is 112 cm³/mol. The molecule has 9 heteroatoms. The van der Waals surface area contributed by atoms with Crippen molar-refractivity contribution in [2.45, 2.75) is 12.5 Å². The lowest BCUT2D eigenvalue weighted by Gasteiger charge is -2.11. The molecule has 2 N–H and O–H groups in total. The van der Waals surface area contributed by atoms with Crippen LogP contribution in [0.5, 0.6) is 5.75 Å². The zero-order valence-electron chi connectivity index (χ0n) is 15.3. The minimum absolute atomic E-state index is 0.0863. The van der Waals surface area contributed by atoms with Crippen LogP contribution in [-0.2, 0) is 9.59 Å². The Bertz CT molecular complexity index is 1110. The van der Waals surface area contributed by atoms with Crippen molar-refractivity contribution in [3.63, 3.8) is 0 Å². The van der Waals surface area contributed by atoms with Crippen LogP contribution in [0.2, 0.25) is 10.0 Å². The summed E-state index contributed by atoms with van der Waals surface area (Å²) in [6.45, 7) is 0. The second-order valence-electron chi connectivity index (χ2n) is 6.46. The highest BCUT2D eigenvalue weighted by Crippen LogP contribution is 2.37. The number of nitrogens with zero attached hydrogens (tertiary/aromatic N) is 2. The minimum atomic E-state index is -0.754. The van der Waals surface area contributed by atoms with Gasteiger partial charge in [0.25, 0.3) is 5.91 Å². The highest BCUT2D eigenvalue weighted by Gasteiger charge is 2.35. The fraction of sp³-hybridized carbons (Fsp3) is 0.150. The van der Waals surface area contributed by atoms with Crippen LogP contribution >= 0.6 is 23.2 Å². The molecule has 7 nitrogen and oxygen atoms in total. The van der Waals surface area contributed by atoms with Gasteiger partial charge in [0, 0.05) is 10.6 Å². The standard InChI is InChI=1S/C20H16Cl2N4O3/c1-29-13-4-2-3-11(7-13)14-10-23-26-17(20(28)25-19(14)26)9-18(27)24-16-6-5-12(21)8-15(16)22/h2-8,10,17H,9H2,1H3,(H,24,27)(H,25,28). The molecule has 1 aromatic heterocycles. The molecule has 0 fully saturated rings. The highest BCUT2D eigenvalue weighted by atomic mass is 35.5. The maximum absolute atomic E-state index is 12.5. The summed E-state index contributed by atoms with van der Waals surface area (Å²) in [5, 5.41) is 10.6. The summed E-state index contributed by atoms with van der Waals surface area (Å²) < 4.78 is 6.78. The second-order valence-corrected chi connectivity index (χ2v) is 7.31. The molecule has 1 aliphatic heterocycles. The lowest BCUT2D eigenvalue weighted by Crippen LogP contribution is -2.23. The number of halogens is 2. The first-order chi connectivity index (χ1) is 14.0. The number of methoxy groups -OCH3 is 1. The molecule has 4 rings (SSSR count). The van der Waals surface area contributed by atoms with Gasteiger partial charge in [-0.1, -0.05) is 35.3 Å². The van der Waals surface area contributed by atoms with E-state index in [1.54, 1.807) is 25.4 Å². The summed E-state index contributed by atoms with van der Waals surface area (Å²) in [5.74, 6) is 0.586. The number of ether oxygens (including phenoxy) is 1. The summed E-state index contributed by atoms with van der Waals surface area (Å²) in [6.07, 6.45) is 1.57. The van der Waals surface area contributed by atoms with Crippen LogP contribution < -0.4 is 15.4 Å². The molecule has 2 aromatic carbocycles. The third kappa shape index (κ3) is 3.79. The largest absolute Gasteiger partial charge is 0.497 e. The summed E-state index contributed by atoms with van der Waals surface area (Å²) in [4.78, 5) is 25.0. The fourth-order valence-corrected chi connectivity index (χ4v) is 3.64. The Morgan fingerprint density at radius 1 is 1.28 bits per heavy atom. The van der Waals surface area contributed by atoms with Crippen LogP contribution in [0.25, 0.3) is 11.1 Å². The molecule has 0 radical (unpaired) electrons. The summed E-state index contributed by atoms with van der Waals surface area (Å²) >= 11 is 12.0. The van der Waals surface area contributed by atoms with Crippen LogP contribution in [0.4, 0.5) is 11.5 Å². The number of hydrogen-bond acceptors (Lipinski definition) is 4. The maximum atomic E-state index is 12.5. The number of carbonyl (C=O) groups excluding carboxylic acids is 2. The average Bonchev–Trinajstić information content (AvgIpc) is 3.23. The third-order valence-electron chi connectivity index (χ3n) is 4.60. The number of benzene rings is 2. The molecule has 0 spiro atoms. The number of rotatable bonds is 5. The molecule has 29 heavy (non-hydrogen) atoms. The van der Waals surface area contributed by atoms with E-state index in [0.717, 1.165) is 11.1 Å². The van der Waals surface area contributed by atoms with Crippen LogP contribution in [0.15, 0.2) is 48.7 Å². The van der Waals surface area contributed by atoms with Gasteiger partial charge in [0.05, 0.1) is 30.4 Å². The zero-order chi connectivity index (χ0) is 20.5. The van der Waals surface area contributed by atoms with Gasteiger partial charge in [-0.25, -0.2) is 4.68 Å². The Labute approximate surface area is 176 Å². The van der Waals surface area contributed by atoms with E-state index in [9.17, 15) is 9.59 Å². The molecule has 3 aromatic rings. The molecular formula is C20H16Cl2N4O3. The van der Waals surface area contributed by atoms with Crippen molar-refractivity contribution in [2.75, 3.05) is 17.7 Å². The predicted octanol–water partition coefficient (Wildman–Crippen LogP) is 4.39. The van der Waals surface area contributed by atoms with Gasteiger partial charge in [-0.15, -0.1) is 0 Å². The number of anilines is 2. The van der Waals surface area contributed by atoms with Crippen LogP contribution in [-0.4, -0.2) is 28.7 Å². The molecular weight excluding hydrogens is 415 g/mol. The highest BCUT2D eigenvalue weighted by molar-refractivity contribution is 6.36. The molecule has 0 bridgehead atoms. The molecule has 2 amide bonds. The van der Waals surface area contributed by atoms with Gasteiger partial charge in [0.2, 0.25) is 5.91 Å². The number of nitrogens with one attached hydrogen (secondary N) is 2. The van der Waals surface area contributed by atoms with Crippen LogP contribution in [0.1, 0.15) is 12.5 Å². The molecule has 1 atom stereocenters. The second kappa shape index (κ2) is 7.77. The molecule has 1 unspecified atom stereocenters. The number of amides is 2. The van der Waals surface area contributed by atoms with Crippen molar-refractivity contribution in [3.05, 3.63) is 58.7 Å². The molecule has 148 valence electrons. The van der Waals surface area contributed by atoms with Crippen molar-refractivity contribution in [3.8, 4) is 16.9 Å². The van der Waals surface area contributed by atoms with Gasteiger partial charge in [0.1, 0.15) is 17.6 Å². The summed E-state index contributed by atoms with van der Waals surface area (Å²) in [5.41, 5.74) is 2.03. The molecule has 0 saturated carbocycles. The van der Waals surface area contributed by atoms with E-state index in [1.165, 1.54) is 10.7 Å². The third-order valence-corrected chi connectivity index (χ3v) is 5.15. The smallest absolute Gasteiger partial charge is 0.251 e. The number of aromatic nitrogens is 2. The van der Waals surface area contributed by atoms with Gasteiger partial charge >= 0.3 is 0 Å². The Kier molecular flexibility index (Phi) is 5.17. The van der Waals surface area contributed by atoms with Crippen LogP contribution in [0.3, 0.4) is 0 Å². The quantitative estimate of drug-likeness (QED) is 0.628. The Hall–Kier alpha value is -3.03. The van der Waals surface area contributed by atoms with E-state index >= 15 is 0 Å². The number of hydrogen-bond donors (Lipinski definition) is 2. The lowest BCUT2D eigenvalue weighted by atomic mass is 10.1. The average molecular weight is 431 g/mol. The number of carbonyl (C=O) groups is 2. The van der Waals surface area contributed by atoms with Crippen LogP contribution in [0, 0.1) is 0 Å². The first kappa shape index (κ1) is 19.3. The van der Waals surface area contributed by atoms with Gasteiger partial charge < -0.3 is 15.4 Å². The Morgan fingerprint density at radius 2 is 2.10 bits per heavy atom. The fourth-order valence-electron chi connectivity index (χ4n) is 3.18.